The minimum absolute atomic E-state index is 0.0324. The number of carbonyl (C=O) groups excluding carboxylic acids is 1. The molecule has 1 amide bonds. The quantitative estimate of drug-likeness (QED) is 0.638. The molecule has 0 spiro atoms. The topological polar surface area (TPSA) is 96.5 Å². The SMILES string of the molecule is Cc1nc(C2CC2)nn1CCC1(c2ccccc2)CC1C(=O)Nc1ccc(C#N)cn1. The molecule has 2 aromatic heterocycles. The largest absolute Gasteiger partial charge is 0.310 e. The normalized spacial score (nSPS) is 22.0. The van der Waals surface area contributed by atoms with Gasteiger partial charge in [-0.3, -0.25) is 9.48 Å². The maximum atomic E-state index is 13.0. The second kappa shape index (κ2) is 7.62. The van der Waals surface area contributed by atoms with Crippen LogP contribution in [-0.2, 0) is 16.8 Å². The fourth-order valence-electron chi connectivity index (χ4n) is 4.38. The van der Waals surface area contributed by atoms with Crippen molar-refractivity contribution in [2.45, 2.75) is 50.5 Å². The number of benzene rings is 1. The molecule has 156 valence electrons. The van der Waals surface area contributed by atoms with Crippen molar-refractivity contribution in [3.05, 3.63) is 71.4 Å². The van der Waals surface area contributed by atoms with Gasteiger partial charge in [-0.2, -0.15) is 10.4 Å². The van der Waals surface area contributed by atoms with Gasteiger partial charge in [-0.25, -0.2) is 9.97 Å². The zero-order valence-corrected chi connectivity index (χ0v) is 17.5. The lowest BCUT2D eigenvalue weighted by molar-refractivity contribution is -0.117. The predicted molar refractivity (Wildman–Crippen MR) is 115 cm³/mol. The van der Waals surface area contributed by atoms with E-state index in [0.29, 0.717) is 17.3 Å². The number of aryl methyl sites for hydroxylation is 2. The summed E-state index contributed by atoms with van der Waals surface area (Å²) in [6.07, 6.45) is 5.45. The molecular formula is C24H24N6O. The Labute approximate surface area is 181 Å². The first-order chi connectivity index (χ1) is 15.1. The second-order valence-corrected chi connectivity index (χ2v) is 8.58. The van der Waals surface area contributed by atoms with Gasteiger partial charge in [0.05, 0.1) is 5.56 Å². The highest BCUT2D eigenvalue weighted by Gasteiger charge is 2.58. The van der Waals surface area contributed by atoms with Gasteiger partial charge in [-0.15, -0.1) is 0 Å². The molecule has 2 saturated carbocycles. The Morgan fingerprint density at radius 1 is 1.26 bits per heavy atom. The fourth-order valence-corrected chi connectivity index (χ4v) is 4.38. The number of amides is 1. The molecule has 7 nitrogen and oxygen atoms in total. The maximum absolute atomic E-state index is 13.0. The number of carbonyl (C=O) groups is 1. The Bertz CT molecular complexity index is 1140. The summed E-state index contributed by atoms with van der Waals surface area (Å²) < 4.78 is 1.99. The minimum atomic E-state index is -0.212. The standard InChI is InChI=1S/C24H24N6O/c1-16-27-22(18-8-9-18)29-30(16)12-11-24(19-5-3-2-4-6-19)13-20(24)23(31)28-21-10-7-17(14-25)15-26-21/h2-7,10,15,18,20H,8-9,11-13H2,1H3,(H,26,28,31). The number of pyridine rings is 1. The zero-order chi connectivity index (χ0) is 21.4. The Morgan fingerprint density at radius 2 is 2.06 bits per heavy atom. The minimum Gasteiger partial charge on any atom is -0.310 e. The van der Waals surface area contributed by atoms with Gasteiger partial charge in [-0.1, -0.05) is 30.3 Å². The van der Waals surface area contributed by atoms with E-state index < -0.39 is 0 Å². The highest BCUT2D eigenvalue weighted by Crippen LogP contribution is 2.57. The Kier molecular flexibility index (Phi) is 4.78. The third-order valence-corrected chi connectivity index (χ3v) is 6.47. The third kappa shape index (κ3) is 3.81. The Balaban J connectivity index is 1.33. The van der Waals surface area contributed by atoms with E-state index >= 15 is 0 Å². The molecule has 1 N–H and O–H groups in total. The molecule has 2 heterocycles. The van der Waals surface area contributed by atoms with Crippen LogP contribution in [0.3, 0.4) is 0 Å². The van der Waals surface area contributed by atoms with Gasteiger partial charge in [0, 0.05) is 30.0 Å². The van der Waals surface area contributed by atoms with Crippen molar-refractivity contribution in [3.8, 4) is 6.07 Å². The molecule has 2 aliphatic rings. The Hall–Kier alpha value is -3.53. The van der Waals surface area contributed by atoms with Crippen molar-refractivity contribution in [2.24, 2.45) is 5.92 Å². The van der Waals surface area contributed by atoms with Crippen molar-refractivity contribution in [1.82, 2.24) is 19.7 Å². The third-order valence-electron chi connectivity index (χ3n) is 6.47. The smallest absolute Gasteiger partial charge is 0.229 e. The van der Waals surface area contributed by atoms with Crippen LogP contribution in [0.5, 0.6) is 0 Å². The van der Waals surface area contributed by atoms with Gasteiger partial charge >= 0.3 is 0 Å². The summed E-state index contributed by atoms with van der Waals surface area (Å²) in [7, 11) is 0. The molecule has 1 aromatic carbocycles. The van der Waals surface area contributed by atoms with Crippen molar-refractivity contribution in [2.75, 3.05) is 5.32 Å². The highest BCUT2D eigenvalue weighted by atomic mass is 16.2. The van der Waals surface area contributed by atoms with E-state index in [2.05, 4.69) is 27.4 Å². The zero-order valence-electron chi connectivity index (χ0n) is 17.5. The molecule has 0 aliphatic heterocycles. The van der Waals surface area contributed by atoms with Gasteiger partial charge in [0.25, 0.3) is 0 Å². The summed E-state index contributed by atoms with van der Waals surface area (Å²) in [5.41, 5.74) is 1.44. The molecule has 0 radical (unpaired) electrons. The van der Waals surface area contributed by atoms with Crippen molar-refractivity contribution in [3.63, 3.8) is 0 Å². The van der Waals surface area contributed by atoms with Crippen LogP contribution < -0.4 is 5.32 Å². The molecule has 3 aromatic rings. The van der Waals surface area contributed by atoms with E-state index in [0.717, 1.165) is 31.0 Å². The summed E-state index contributed by atoms with van der Waals surface area (Å²) in [4.78, 5) is 21.9. The van der Waals surface area contributed by atoms with Crippen LogP contribution >= 0.6 is 0 Å². The first kappa shape index (κ1) is 19.4. The average molecular weight is 412 g/mol. The molecule has 7 heteroatoms. The van der Waals surface area contributed by atoms with E-state index in [4.69, 9.17) is 10.4 Å². The first-order valence-electron chi connectivity index (χ1n) is 10.7. The van der Waals surface area contributed by atoms with Gasteiger partial charge in [0.15, 0.2) is 5.82 Å². The lowest BCUT2D eigenvalue weighted by Crippen LogP contribution is -2.23. The maximum Gasteiger partial charge on any atom is 0.229 e. The van der Waals surface area contributed by atoms with E-state index in [1.54, 1.807) is 12.1 Å². The summed E-state index contributed by atoms with van der Waals surface area (Å²) in [5, 5.41) is 16.6. The van der Waals surface area contributed by atoms with E-state index in [-0.39, 0.29) is 17.2 Å². The van der Waals surface area contributed by atoms with Crippen molar-refractivity contribution < 1.29 is 4.79 Å². The number of nitrogens with zero attached hydrogens (tertiary/aromatic N) is 5. The van der Waals surface area contributed by atoms with Crippen LogP contribution in [0.15, 0.2) is 48.7 Å². The number of rotatable bonds is 7. The average Bonchev–Trinajstić information content (AvgIpc) is 3.72. The van der Waals surface area contributed by atoms with Crippen LogP contribution in [0.25, 0.3) is 0 Å². The second-order valence-electron chi connectivity index (χ2n) is 8.58. The Morgan fingerprint density at radius 3 is 2.74 bits per heavy atom. The number of nitriles is 1. The molecule has 2 aliphatic carbocycles. The fraction of sp³-hybridized carbons (Fsp3) is 0.375. The van der Waals surface area contributed by atoms with E-state index in [9.17, 15) is 4.79 Å². The van der Waals surface area contributed by atoms with Gasteiger partial charge in [-0.05, 0) is 50.3 Å². The van der Waals surface area contributed by atoms with Crippen molar-refractivity contribution in [1.29, 1.82) is 5.26 Å². The molecule has 31 heavy (non-hydrogen) atoms. The number of hydrogen-bond acceptors (Lipinski definition) is 5. The van der Waals surface area contributed by atoms with Crippen molar-refractivity contribution >= 4 is 11.7 Å². The number of anilines is 1. The molecule has 0 saturated heterocycles. The monoisotopic (exact) mass is 412 g/mol. The molecule has 0 bridgehead atoms. The van der Waals surface area contributed by atoms with E-state index in [1.807, 2.05) is 35.9 Å². The first-order valence-corrected chi connectivity index (χ1v) is 10.7. The van der Waals surface area contributed by atoms with Crippen LogP contribution in [0.1, 0.15) is 54.4 Å². The number of hydrogen-bond donors (Lipinski definition) is 1. The van der Waals surface area contributed by atoms with E-state index in [1.165, 1.54) is 24.6 Å². The lowest BCUT2D eigenvalue weighted by Gasteiger charge is -2.18. The van der Waals surface area contributed by atoms with Gasteiger partial charge in [0.2, 0.25) is 5.91 Å². The number of nitrogens with one attached hydrogen (secondary N) is 1. The predicted octanol–water partition coefficient (Wildman–Crippen LogP) is 3.72. The summed E-state index contributed by atoms with van der Waals surface area (Å²) >= 11 is 0. The van der Waals surface area contributed by atoms with Crippen LogP contribution in [0.2, 0.25) is 0 Å². The highest BCUT2D eigenvalue weighted by molar-refractivity contribution is 5.95. The van der Waals surface area contributed by atoms with Crippen LogP contribution in [-0.4, -0.2) is 25.7 Å². The summed E-state index contributed by atoms with van der Waals surface area (Å²) in [6.45, 7) is 2.74. The number of aromatic nitrogens is 4. The van der Waals surface area contributed by atoms with Crippen LogP contribution in [0, 0.1) is 24.2 Å². The molecular weight excluding hydrogens is 388 g/mol. The lowest BCUT2D eigenvalue weighted by atomic mass is 9.89. The molecule has 5 rings (SSSR count). The van der Waals surface area contributed by atoms with Gasteiger partial charge in [0.1, 0.15) is 17.7 Å². The van der Waals surface area contributed by atoms with Crippen LogP contribution in [0.4, 0.5) is 5.82 Å². The summed E-state index contributed by atoms with van der Waals surface area (Å²) in [6, 6.07) is 15.6. The molecule has 2 unspecified atom stereocenters. The van der Waals surface area contributed by atoms with Gasteiger partial charge < -0.3 is 5.32 Å². The molecule has 2 atom stereocenters. The summed E-state index contributed by atoms with van der Waals surface area (Å²) in [5.74, 6) is 2.74. The molecule has 2 fully saturated rings.